The van der Waals surface area contributed by atoms with Crippen molar-refractivity contribution in [2.24, 2.45) is 11.8 Å². The zero-order valence-electron chi connectivity index (χ0n) is 10.5. The highest BCUT2D eigenvalue weighted by Crippen LogP contribution is 2.24. The molecule has 1 rings (SSSR count). The summed E-state index contributed by atoms with van der Waals surface area (Å²) in [5.74, 6) is -0.0314. The summed E-state index contributed by atoms with van der Waals surface area (Å²) in [7, 11) is 0. The van der Waals surface area contributed by atoms with E-state index in [1.807, 2.05) is 0 Å². The summed E-state index contributed by atoms with van der Waals surface area (Å²) in [6.07, 6.45) is 6.35. The van der Waals surface area contributed by atoms with Gasteiger partial charge in [-0.15, -0.1) is 0 Å². The monoisotopic (exact) mass is 227 g/mol. The first kappa shape index (κ1) is 13.5. The lowest BCUT2D eigenvalue weighted by Gasteiger charge is -2.28. The summed E-state index contributed by atoms with van der Waals surface area (Å²) in [5.41, 5.74) is 0. The predicted molar refractivity (Wildman–Crippen MR) is 65.5 cm³/mol. The second-order valence-corrected chi connectivity index (χ2v) is 5.20. The fourth-order valence-corrected chi connectivity index (χ4v) is 2.56. The Morgan fingerprint density at radius 1 is 1.50 bits per heavy atom. The minimum atomic E-state index is -0.617. The first-order valence-corrected chi connectivity index (χ1v) is 6.59. The van der Waals surface area contributed by atoms with E-state index in [4.69, 9.17) is 5.11 Å². The van der Waals surface area contributed by atoms with Crippen molar-refractivity contribution in [1.82, 2.24) is 5.32 Å². The van der Waals surface area contributed by atoms with E-state index < -0.39 is 5.97 Å². The van der Waals surface area contributed by atoms with Gasteiger partial charge in [0.05, 0.1) is 5.92 Å². The Balaban J connectivity index is 2.24. The second-order valence-electron chi connectivity index (χ2n) is 5.20. The third-order valence-electron chi connectivity index (χ3n) is 3.56. The van der Waals surface area contributed by atoms with Crippen molar-refractivity contribution in [2.45, 2.75) is 58.4 Å². The molecular formula is C13H25NO2. The topological polar surface area (TPSA) is 49.3 Å². The minimum absolute atomic E-state index is 0.118. The quantitative estimate of drug-likeness (QED) is 0.733. The Morgan fingerprint density at radius 2 is 2.25 bits per heavy atom. The van der Waals surface area contributed by atoms with Crippen molar-refractivity contribution >= 4 is 5.97 Å². The standard InChI is InChI=1S/C13H25NO2/c1-3-5-10(2)9-14-12-7-4-6-11(8-12)13(15)16/h10-12,14H,3-9H2,1-2H3,(H,15,16). The molecule has 0 amide bonds. The summed E-state index contributed by atoms with van der Waals surface area (Å²) >= 11 is 0. The largest absolute Gasteiger partial charge is 0.481 e. The van der Waals surface area contributed by atoms with E-state index in [1.165, 1.54) is 12.8 Å². The van der Waals surface area contributed by atoms with E-state index in [0.717, 1.165) is 32.2 Å². The van der Waals surface area contributed by atoms with Gasteiger partial charge in [0.1, 0.15) is 0 Å². The Kier molecular flexibility index (Phi) is 5.81. The molecule has 0 aromatic carbocycles. The van der Waals surface area contributed by atoms with Crippen LogP contribution in [-0.4, -0.2) is 23.7 Å². The molecule has 3 atom stereocenters. The number of rotatable bonds is 6. The number of hydrogen-bond acceptors (Lipinski definition) is 2. The normalized spacial score (nSPS) is 27.6. The summed E-state index contributed by atoms with van der Waals surface area (Å²) in [4.78, 5) is 10.9. The molecule has 0 aliphatic heterocycles. The lowest BCUT2D eigenvalue weighted by molar-refractivity contribution is -0.143. The number of carboxylic acid groups (broad SMARTS) is 1. The SMILES string of the molecule is CCCC(C)CNC1CCCC(C(=O)O)C1. The van der Waals surface area contributed by atoms with Crippen LogP contribution in [0.4, 0.5) is 0 Å². The zero-order valence-corrected chi connectivity index (χ0v) is 10.5. The maximum Gasteiger partial charge on any atom is 0.306 e. The van der Waals surface area contributed by atoms with Crippen LogP contribution < -0.4 is 5.32 Å². The van der Waals surface area contributed by atoms with Crippen LogP contribution >= 0.6 is 0 Å². The van der Waals surface area contributed by atoms with Gasteiger partial charge in [0.15, 0.2) is 0 Å². The molecule has 3 nitrogen and oxygen atoms in total. The molecule has 94 valence electrons. The third-order valence-corrected chi connectivity index (χ3v) is 3.56. The van der Waals surface area contributed by atoms with Gasteiger partial charge in [-0.2, -0.15) is 0 Å². The van der Waals surface area contributed by atoms with Crippen molar-refractivity contribution in [1.29, 1.82) is 0 Å². The van der Waals surface area contributed by atoms with E-state index in [2.05, 4.69) is 19.2 Å². The van der Waals surface area contributed by atoms with Gasteiger partial charge in [0.2, 0.25) is 0 Å². The fraction of sp³-hybridized carbons (Fsp3) is 0.923. The summed E-state index contributed by atoms with van der Waals surface area (Å²) < 4.78 is 0. The van der Waals surface area contributed by atoms with Crippen LogP contribution in [0.2, 0.25) is 0 Å². The molecule has 0 heterocycles. The molecule has 3 heteroatoms. The molecule has 0 aromatic heterocycles. The van der Waals surface area contributed by atoms with E-state index >= 15 is 0 Å². The molecule has 0 bridgehead atoms. The summed E-state index contributed by atoms with van der Waals surface area (Å²) in [5, 5.41) is 12.5. The fourth-order valence-electron chi connectivity index (χ4n) is 2.56. The van der Waals surface area contributed by atoms with Crippen LogP contribution in [0, 0.1) is 11.8 Å². The summed E-state index contributed by atoms with van der Waals surface area (Å²) in [6.45, 7) is 5.50. The van der Waals surface area contributed by atoms with E-state index in [-0.39, 0.29) is 5.92 Å². The van der Waals surface area contributed by atoms with Gasteiger partial charge < -0.3 is 10.4 Å². The van der Waals surface area contributed by atoms with Crippen LogP contribution in [0.1, 0.15) is 52.4 Å². The predicted octanol–water partition coefficient (Wildman–Crippen LogP) is 2.66. The maximum atomic E-state index is 10.9. The lowest BCUT2D eigenvalue weighted by atomic mass is 9.85. The van der Waals surface area contributed by atoms with Gasteiger partial charge in [-0.25, -0.2) is 0 Å². The summed E-state index contributed by atoms with van der Waals surface area (Å²) in [6, 6.07) is 0.425. The van der Waals surface area contributed by atoms with Crippen molar-refractivity contribution in [3.05, 3.63) is 0 Å². The minimum Gasteiger partial charge on any atom is -0.481 e. The van der Waals surface area contributed by atoms with E-state index in [9.17, 15) is 4.79 Å². The van der Waals surface area contributed by atoms with Crippen molar-refractivity contribution in [3.63, 3.8) is 0 Å². The molecule has 0 saturated heterocycles. The zero-order chi connectivity index (χ0) is 12.0. The van der Waals surface area contributed by atoms with Gasteiger partial charge >= 0.3 is 5.97 Å². The first-order valence-electron chi connectivity index (χ1n) is 6.59. The van der Waals surface area contributed by atoms with Crippen LogP contribution in [0.3, 0.4) is 0 Å². The smallest absolute Gasteiger partial charge is 0.306 e. The molecule has 1 fully saturated rings. The Bertz CT molecular complexity index is 218. The Hall–Kier alpha value is -0.570. The molecule has 1 aliphatic rings. The molecule has 0 aromatic rings. The number of hydrogen-bond donors (Lipinski definition) is 2. The average Bonchev–Trinajstić information content (AvgIpc) is 2.27. The molecule has 0 radical (unpaired) electrons. The number of carbonyl (C=O) groups is 1. The highest BCUT2D eigenvalue weighted by Gasteiger charge is 2.26. The van der Waals surface area contributed by atoms with Crippen molar-refractivity contribution in [2.75, 3.05) is 6.54 Å². The van der Waals surface area contributed by atoms with Crippen molar-refractivity contribution < 1.29 is 9.90 Å². The maximum absolute atomic E-state index is 10.9. The van der Waals surface area contributed by atoms with Crippen molar-refractivity contribution in [3.8, 4) is 0 Å². The van der Waals surface area contributed by atoms with E-state index in [1.54, 1.807) is 0 Å². The molecule has 2 N–H and O–H groups in total. The molecule has 3 unspecified atom stereocenters. The second kappa shape index (κ2) is 6.89. The van der Waals surface area contributed by atoms with Gasteiger partial charge in [-0.3, -0.25) is 4.79 Å². The third kappa shape index (κ3) is 4.52. The van der Waals surface area contributed by atoms with Gasteiger partial charge in [-0.1, -0.05) is 26.7 Å². The van der Waals surface area contributed by atoms with Gasteiger partial charge in [-0.05, 0) is 38.1 Å². The molecule has 1 saturated carbocycles. The molecule has 0 spiro atoms. The molecule has 16 heavy (non-hydrogen) atoms. The van der Waals surface area contributed by atoms with Gasteiger partial charge in [0, 0.05) is 6.04 Å². The van der Waals surface area contributed by atoms with Crippen LogP contribution in [0.5, 0.6) is 0 Å². The highest BCUT2D eigenvalue weighted by atomic mass is 16.4. The van der Waals surface area contributed by atoms with E-state index in [0.29, 0.717) is 12.0 Å². The Morgan fingerprint density at radius 3 is 2.88 bits per heavy atom. The number of carboxylic acids is 1. The number of nitrogens with one attached hydrogen (secondary N) is 1. The number of aliphatic carboxylic acids is 1. The molecule has 1 aliphatic carbocycles. The molecular weight excluding hydrogens is 202 g/mol. The first-order chi connectivity index (χ1) is 7.63. The highest BCUT2D eigenvalue weighted by molar-refractivity contribution is 5.70. The van der Waals surface area contributed by atoms with Gasteiger partial charge in [0.25, 0.3) is 0 Å². The lowest BCUT2D eigenvalue weighted by Crippen LogP contribution is -2.38. The van der Waals surface area contributed by atoms with Crippen LogP contribution in [0.15, 0.2) is 0 Å². The van der Waals surface area contributed by atoms with Crippen LogP contribution in [-0.2, 0) is 4.79 Å². The Labute approximate surface area is 98.6 Å². The van der Waals surface area contributed by atoms with Crippen LogP contribution in [0.25, 0.3) is 0 Å². The average molecular weight is 227 g/mol.